The lowest BCUT2D eigenvalue weighted by molar-refractivity contribution is 0.304. The zero-order chi connectivity index (χ0) is 15.6. The minimum absolute atomic E-state index is 0.0500. The number of halogens is 1. The standard InChI is InChI=1S/C14H22BrN3O2S/c1-17(2)8-11-9-18(3)10-14(11)16-21(19,20)13-6-4-12(15)5-7-13/h4-7,11,14,16H,8-10H2,1-3H3/t11-,14-/m1/s1. The van der Waals surface area contributed by atoms with Gasteiger partial charge in [0.2, 0.25) is 10.0 Å². The number of nitrogens with one attached hydrogen (secondary N) is 1. The molecule has 1 saturated heterocycles. The Bertz CT molecular complexity index is 574. The lowest BCUT2D eigenvalue weighted by Crippen LogP contribution is -2.43. The summed E-state index contributed by atoms with van der Waals surface area (Å²) in [6.45, 7) is 2.53. The van der Waals surface area contributed by atoms with Crippen molar-refractivity contribution in [2.45, 2.75) is 10.9 Å². The molecule has 2 rings (SSSR count). The fourth-order valence-electron chi connectivity index (χ4n) is 2.76. The van der Waals surface area contributed by atoms with Gasteiger partial charge in [-0.3, -0.25) is 0 Å². The number of benzene rings is 1. The molecule has 1 aliphatic rings. The van der Waals surface area contributed by atoms with Crippen LogP contribution < -0.4 is 4.72 Å². The van der Waals surface area contributed by atoms with Gasteiger partial charge in [0.1, 0.15) is 0 Å². The summed E-state index contributed by atoms with van der Waals surface area (Å²) in [5, 5.41) is 0. The topological polar surface area (TPSA) is 52.6 Å². The Morgan fingerprint density at radius 1 is 1.29 bits per heavy atom. The van der Waals surface area contributed by atoms with Gasteiger partial charge in [-0.2, -0.15) is 0 Å². The van der Waals surface area contributed by atoms with Crippen molar-refractivity contribution < 1.29 is 8.42 Å². The number of hydrogen-bond acceptors (Lipinski definition) is 4. The fraction of sp³-hybridized carbons (Fsp3) is 0.571. The minimum Gasteiger partial charge on any atom is -0.309 e. The fourth-order valence-corrected chi connectivity index (χ4v) is 4.32. The molecule has 7 heteroatoms. The van der Waals surface area contributed by atoms with Crippen molar-refractivity contribution in [2.24, 2.45) is 5.92 Å². The van der Waals surface area contributed by atoms with Crippen LogP contribution in [0, 0.1) is 5.92 Å². The summed E-state index contributed by atoms with van der Waals surface area (Å²) in [7, 11) is 2.58. The first kappa shape index (κ1) is 16.9. The van der Waals surface area contributed by atoms with Gasteiger partial charge in [-0.25, -0.2) is 13.1 Å². The summed E-state index contributed by atoms with van der Waals surface area (Å²) in [5.41, 5.74) is 0. The van der Waals surface area contributed by atoms with Crippen LogP contribution in [0.5, 0.6) is 0 Å². The highest BCUT2D eigenvalue weighted by atomic mass is 79.9. The molecular weight excluding hydrogens is 354 g/mol. The monoisotopic (exact) mass is 375 g/mol. The van der Waals surface area contributed by atoms with Gasteiger partial charge in [0.05, 0.1) is 4.90 Å². The molecule has 1 fully saturated rings. The van der Waals surface area contributed by atoms with Crippen molar-refractivity contribution in [3.8, 4) is 0 Å². The molecule has 0 amide bonds. The second-order valence-corrected chi connectivity index (χ2v) is 8.55. The van der Waals surface area contributed by atoms with Gasteiger partial charge in [-0.1, -0.05) is 15.9 Å². The second-order valence-electron chi connectivity index (χ2n) is 5.93. The molecule has 5 nitrogen and oxygen atoms in total. The Kier molecular flexibility index (Phi) is 5.43. The van der Waals surface area contributed by atoms with E-state index < -0.39 is 10.0 Å². The lowest BCUT2D eigenvalue weighted by atomic mass is 10.0. The van der Waals surface area contributed by atoms with E-state index in [-0.39, 0.29) is 6.04 Å². The summed E-state index contributed by atoms with van der Waals surface area (Å²) in [6, 6.07) is 6.67. The van der Waals surface area contributed by atoms with Gasteiger partial charge < -0.3 is 9.80 Å². The van der Waals surface area contributed by atoms with Crippen LogP contribution in [-0.4, -0.2) is 65.0 Å². The Balaban J connectivity index is 2.13. The molecule has 0 aliphatic carbocycles. The SMILES string of the molecule is CN(C)C[C@@H]1CN(C)C[C@H]1NS(=O)(=O)c1ccc(Br)cc1. The Labute approximate surface area is 135 Å². The number of likely N-dealkylation sites (tertiary alicyclic amines) is 1. The third-order valence-electron chi connectivity index (χ3n) is 3.65. The maximum Gasteiger partial charge on any atom is 0.240 e. The van der Waals surface area contributed by atoms with Crippen LogP contribution in [0.4, 0.5) is 0 Å². The van der Waals surface area contributed by atoms with E-state index in [1.807, 2.05) is 21.1 Å². The van der Waals surface area contributed by atoms with E-state index in [0.717, 1.165) is 24.1 Å². The van der Waals surface area contributed by atoms with Gasteiger partial charge in [0, 0.05) is 36.1 Å². The van der Waals surface area contributed by atoms with Gasteiger partial charge in [0.25, 0.3) is 0 Å². The number of sulfonamides is 1. The maximum atomic E-state index is 12.5. The zero-order valence-electron chi connectivity index (χ0n) is 12.6. The van der Waals surface area contributed by atoms with Crippen LogP contribution in [0.15, 0.2) is 33.6 Å². The van der Waals surface area contributed by atoms with E-state index >= 15 is 0 Å². The van der Waals surface area contributed by atoms with Crippen molar-refractivity contribution in [3.05, 3.63) is 28.7 Å². The molecule has 1 aromatic carbocycles. The van der Waals surface area contributed by atoms with Crippen LogP contribution in [0.2, 0.25) is 0 Å². The zero-order valence-corrected chi connectivity index (χ0v) is 15.0. The Hall–Kier alpha value is -0.470. The Morgan fingerprint density at radius 2 is 1.90 bits per heavy atom. The van der Waals surface area contributed by atoms with Crippen molar-refractivity contribution >= 4 is 26.0 Å². The summed E-state index contributed by atoms with van der Waals surface area (Å²) >= 11 is 3.32. The molecule has 1 aliphatic heterocycles. The molecule has 1 aromatic rings. The van der Waals surface area contributed by atoms with Crippen LogP contribution >= 0.6 is 15.9 Å². The highest BCUT2D eigenvalue weighted by molar-refractivity contribution is 9.10. The smallest absolute Gasteiger partial charge is 0.240 e. The first-order valence-electron chi connectivity index (χ1n) is 6.89. The molecule has 0 spiro atoms. The van der Waals surface area contributed by atoms with E-state index in [4.69, 9.17) is 0 Å². The predicted molar refractivity (Wildman–Crippen MR) is 87.8 cm³/mol. The van der Waals surface area contributed by atoms with Crippen molar-refractivity contribution in [1.82, 2.24) is 14.5 Å². The van der Waals surface area contributed by atoms with Crippen molar-refractivity contribution in [1.29, 1.82) is 0 Å². The molecule has 1 N–H and O–H groups in total. The van der Waals surface area contributed by atoms with Gasteiger partial charge >= 0.3 is 0 Å². The number of hydrogen-bond donors (Lipinski definition) is 1. The predicted octanol–water partition coefficient (Wildman–Crippen LogP) is 1.22. The third-order valence-corrected chi connectivity index (χ3v) is 5.69. The Morgan fingerprint density at radius 3 is 2.48 bits per heavy atom. The van der Waals surface area contributed by atoms with E-state index in [9.17, 15) is 8.42 Å². The average molecular weight is 376 g/mol. The molecule has 118 valence electrons. The normalized spacial score (nSPS) is 23.9. The molecule has 0 bridgehead atoms. The quantitative estimate of drug-likeness (QED) is 0.840. The molecule has 1 heterocycles. The molecule has 0 radical (unpaired) electrons. The summed E-state index contributed by atoms with van der Waals surface area (Å²) in [4.78, 5) is 4.58. The third kappa shape index (κ3) is 4.50. The lowest BCUT2D eigenvalue weighted by Gasteiger charge is -2.22. The van der Waals surface area contributed by atoms with Gasteiger partial charge in [-0.15, -0.1) is 0 Å². The average Bonchev–Trinajstić information content (AvgIpc) is 2.68. The van der Waals surface area contributed by atoms with E-state index in [1.54, 1.807) is 24.3 Å². The summed E-state index contributed by atoms with van der Waals surface area (Å²) < 4.78 is 28.7. The highest BCUT2D eigenvalue weighted by Gasteiger charge is 2.34. The first-order chi connectivity index (χ1) is 9.78. The highest BCUT2D eigenvalue weighted by Crippen LogP contribution is 2.20. The largest absolute Gasteiger partial charge is 0.309 e. The summed E-state index contributed by atoms with van der Waals surface area (Å²) in [5.74, 6) is 0.301. The molecule has 2 atom stereocenters. The minimum atomic E-state index is -3.47. The molecule has 0 aromatic heterocycles. The van der Waals surface area contributed by atoms with Crippen LogP contribution in [0.3, 0.4) is 0 Å². The number of nitrogens with zero attached hydrogens (tertiary/aromatic N) is 2. The van der Waals surface area contributed by atoms with Crippen molar-refractivity contribution in [2.75, 3.05) is 40.8 Å². The van der Waals surface area contributed by atoms with Crippen LogP contribution in [0.1, 0.15) is 0 Å². The molecule has 0 saturated carbocycles. The molecular formula is C14H22BrN3O2S. The van der Waals surface area contributed by atoms with Crippen molar-refractivity contribution in [3.63, 3.8) is 0 Å². The van der Waals surface area contributed by atoms with Gasteiger partial charge in [0.15, 0.2) is 0 Å². The summed E-state index contributed by atoms with van der Waals surface area (Å²) in [6.07, 6.45) is 0. The maximum absolute atomic E-state index is 12.5. The van der Waals surface area contributed by atoms with Crippen LogP contribution in [-0.2, 0) is 10.0 Å². The first-order valence-corrected chi connectivity index (χ1v) is 9.17. The molecule has 21 heavy (non-hydrogen) atoms. The van der Waals surface area contributed by atoms with E-state index in [1.165, 1.54) is 0 Å². The van der Waals surface area contributed by atoms with E-state index in [2.05, 4.69) is 30.5 Å². The number of likely N-dealkylation sites (N-methyl/N-ethyl adjacent to an activating group) is 1. The van der Waals surface area contributed by atoms with Crippen LogP contribution in [0.25, 0.3) is 0 Å². The van der Waals surface area contributed by atoms with E-state index in [0.29, 0.717) is 10.8 Å². The second kappa shape index (κ2) is 6.75. The number of rotatable bonds is 5. The van der Waals surface area contributed by atoms with Gasteiger partial charge in [-0.05, 0) is 45.4 Å². The molecule has 0 unspecified atom stereocenters.